The van der Waals surface area contributed by atoms with E-state index in [4.69, 9.17) is 5.73 Å². The number of rotatable bonds is 5. The molecule has 118 valence electrons. The number of benzene rings is 1. The van der Waals surface area contributed by atoms with Gasteiger partial charge in [0.25, 0.3) is 0 Å². The van der Waals surface area contributed by atoms with Crippen molar-refractivity contribution in [1.82, 2.24) is 0 Å². The van der Waals surface area contributed by atoms with E-state index in [0.29, 0.717) is 18.2 Å². The molecule has 2 atom stereocenters. The minimum Gasteiger partial charge on any atom is -0.464 e. The lowest BCUT2D eigenvalue weighted by Gasteiger charge is -2.18. The van der Waals surface area contributed by atoms with E-state index < -0.39 is 41.7 Å². The van der Waals surface area contributed by atoms with Crippen LogP contribution in [0.15, 0.2) is 18.2 Å². The molecule has 2 N–H and O–H groups in total. The summed E-state index contributed by atoms with van der Waals surface area (Å²) in [6, 6.07) is 0.102. The lowest BCUT2D eigenvalue weighted by molar-refractivity contribution is -0.274. The summed E-state index contributed by atoms with van der Waals surface area (Å²) in [5, 5.41) is 0. The Kier molecular flexibility index (Phi) is 5.47. The molecule has 0 aromatic heterocycles. The molecule has 0 spiro atoms. The first kappa shape index (κ1) is 17.2. The van der Waals surface area contributed by atoms with Crippen LogP contribution in [0.25, 0.3) is 0 Å². The lowest BCUT2D eigenvalue weighted by Crippen LogP contribution is -2.32. The summed E-state index contributed by atoms with van der Waals surface area (Å²) in [6.45, 7) is 1.31. The van der Waals surface area contributed by atoms with Crippen LogP contribution in [-0.4, -0.2) is 25.1 Å². The molecular weight excluding hydrogens is 301 g/mol. The molecule has 0 aliphatic carbocycles. The first-order chi connectivity index (χ1) is 9.65. The molecule has 0 fully saturated rings. The van der Waals surface area contributed by atoms with Crippen molar-refractivity contribution in [2.45, 2.75) is 25.5 Å². The van der Waals surface area contributed by atoms with Crippen LogP contribution in [0.3, 0.4) is 0 Å². The van der Waals surface area contributed by atoms with E-state index in [1.54, 1.807) is 0 Å². The van der Waals surface area contributed by atoms with Gasteiger partial charge in [-0.05, 0) is 25.1 Å². The molecule has 1 aromatic carbocycles. The second-order valence-electron chi connectivity index (χ2n) is 3.91. The number of esters is 1. The molecule has 0 radical (unpaired) electrons. The highest BCUT2D eigenvalue weighted by molar-refractivity contribution is 5.75. The molecule has 0 saturated carbocycles. The Balaban J connectivity index is 3.00. The molecule has 0 bridgehead atoms. The molecule has 21 heavy (non-hydrogen) atoms. The first-order valence-corrected chi connectivity index (χ1v) is 5.77. The van der Waals surface area contributed by atoms with E-state index >= 15 is 0 Å². The van der Waals surface area contributed by atoms with E-state index in [9.17, 15) is 26.7 Å². The van der Waals surface area contributed by atoms with Crippen LogP contribution < -0.4 is 10.5 Å². The maximum Gasteiger partial charge on any atom is 0.573 e. The highest BCUT2D eigenvalue weighted by Gasteiger charge is 2.33. The van der Waals surface area contributed by atoms with Crippen molar-refractivity contribution in [3.63, 3.8) is 0 Å². The monoisotopic (exact) mass is 313 g/mol. The minimum atomic E-state index is -4.99. The van der Waals surface area contributed by atoms with Crippen LogP contribution in [-0.2, 0) is 9.53 Å². The van der Waals surface area contributed by atoms with Gasteiger partial charge in [0.05, 0.1) is 12.6 Å². The average molecular weight is 313 g/mol. The Labute approximate surface area is 116 Å². The van der Waals surface area contributed by atoms with Crippen LogP contribution >= 0.6 is 0 Å². The summed E-state index contributed by atoms with van der Waals surface area (Å²) in [5.41, 5.74) is 4.72. The zero-order valence-corrected chi connectivity index (χ0v) is 10.8. The van der Waals surface area contributed by atoms with Gasteiger partial charge in [-0.1, -0.05) is 0 Å². The summed E-state index contributed by atoms with van der Waals surface area (Å²) in [7, 11) is 0. The number of carbonyl (C=O) groups is 1. The van der Waals surface area contributed by atoms with Crippen LogP contribution in [0, 0.1) is 5.82 Å². The second kappa shape index (κ2) is 6.70. The third kappa shape index (κ3) is 4.85. The van der Waals surface area contributed by atoms with Gasteiger partial charge in [-0.25, -0.2) is 13.6 Å². The summed E-state index contributed by atoms with van der Waals surface area (Å²) < 4.78 is 71.4. The van der Waals surface area contributed by atoms with Crippen molar-refractivity contribution in [2.75, 3.05) is 6.61 Å². The quantitative estimate of drug-likeness (QED) is 0.670. The number of nitrogens with two attached hydrogens (primary N) is 1. The van der Waals surface area contributed by atoms with Gasteiger partial charge in [-0.2, -0.15) is 0 Å². The Morgan fingerprint density at radius 2 is 2.00 bits per heavy atom. The zero-order valence-electron chi connectivity index (χ0n) is 10.8. The van der Waals surface area contributed by atoms with Gasteiger partial charge in [-0.3, -0.25) is 0 Å². The van der Waals surface area contributed by atoms with Crippen LogP contribution in [0.5, 0.6) is 5.75 Å². The van der Waals surface area contributed by atoms with Crippen LogP contribution in [0.1, 0.15) is 18.5 Å². The lowest BCUT2D eigenvalue weighted by atomic mass is 10.0. The van der Waals surface area contributed by atoms with E-state index in [2.05, 4.69) is 9.47 Å². The first-order valence-electron chi connectivity index (χ1n) is 5.77. The maximum absolute atomic E-state index is 13.7. The van der Waals surface area contributed by atoms with Crippen molar-refractivity contribution < 1.29 is 36.2 Å². The molecule has 0 aliphatic rings. The molecule has 1 rings (SSSR count). The largest absolute Gasteiger partial charge is 0.573 e. The van der Waals surface area contributed by atoms with Gasteiger partial charge in [0.2, 0.25) is 6.17 Å². The van der Waals surface area contributed by atoms with Gasteiger partial charge < -0.3 is 15.2 Å². The Hall–Kier alpha value is -1.90. The Bertz CT molecular complexity index is 506. The topological polar surface area (TPSA) is 61.5 Å². The zero-order chi connectivity index (χ0) is 16.2. The van der Waals surface area contributed by atoms with Crippen molar-refractivity contribution >= 4 is 5.97 Å². The number of hydrogen-bond acceptors (Lipinski definition) is 4. The van der Waals surface area contributed by atoms with Crippen molar-refractivity contribution in [3.8, 4) is 5.75 Å². The second-order valence-corrected chi connectivity index (χ2v) is 3.91. The summed E-state index contributed by atoms with van der Waals surface area (Å²) in [5.74, 6) is -3.17. The molecule has 0 saturated heterocycles. The van der Waals surface area contributed by atoms with Gasteiger partial charge in [0.1, 0.15) is 11.6 Å². The van der Waals surface area contributed by atoms with Crippen LogP contribution in [0.2, 0.25) is 0 Å². The number of ether oxygens (including phenoxy) is 2. The molecule has 0 aliphatic heterocycles. The van der Waals surface area contributed by atoms with E-state index in [0.717, 1.165) is 0 Å². The van der Waals surface area contributed by atoms with Gasteiger partial charge in [0.15, 0.2) is 0 Å². The van der Waals surface area contributed by atoms with E-state index in [-0.39, 0.29) is 6.61 Å². The molecule has 0 heterocycles. The Morgan fingerprint density at radius 1 is 1.38 bits per heavy atom. The van der Waals surface area contributed by atoms with Crippen molar-refractivity contribution in [2.24, 2.45) is 5.73 Å². The van der Waals surface area contributed by atoms with Gasteiger partial charge >= 0.3 is 12.3 Å². The Morgan fingerprint density at radius 3 is 2.52 bits per heavy atom. The summed E-state index contributed by atoms with van der Waals surface area (Å²) in [4.78, 5) is 11.2. The normalized spacial score (nSPS) is 14.4. The minimum absolute atomic E-state index is 0.119. The fourth-order valence-corrected chi connectivity index (χ4v) is 1.50. The number of alkyl halides is 4. The number of carbonyl (C=O) groups excluding carboxylic acids is 1. The predicted molar refractivity (Wildman–Crippen MR) is 61.5 cm³/mol. The fraction of sp³-hybridized carbons (Fsp3) is 0.417. The third-order valence-corrected chi connectivity index (χ3v) is 2.39. The third-order valence-electron chi connectivity index (χ3n) is 2.39. The maximum atomic E-state index is 13.7. The van der Waals surface area contributed by atoms with Crippen molar-refractivity contribution in [1.29, 1.82) is 0 Å². The molecule has 1 unspecified atom stereocenters. The van der Waals surface area contributed by atoms with E-state index in [1.165, 1.54) is 6.92 Å². The fourth-order valence-electron chi connectivity index (χ4n) is 1.50. The highest BCUT2D eigenvalue weighted by atomic mass is 19.4. The standard InChI is InChI=1S/C12H12F5NO3/c1-2-20-11(19)9(14)10(18)7-5-6(3-4-8(7)13)21-12(15,16)17/h3-5,9-10H,2,18H2,1H3/t9?,10-/m1/s1. The molecule has 0 amide bonds. The predicted octanol–water partition coefficient (Wildman–Crippen LogP) is 2.63. The number of halogens is 5. The van der Waals surface area contributed by atoms with Crippen molar-refractivity contribution in [3.05, 3.63) is 29.6 Å². The summed E-state index contributed by atoms with van der Waals surface area (Å²) >= 11 is 0. The highest BCUT2D eigenvalue weighted by Crippen LogP contribution is 2.28. The SMILES string of the molecule is CCOC(=O)C(F)[C@H](N)c1cc(OC(F)(F)F)ccc1F. The average Bonchev–Trinajstić information content (AvgIpc) is 2.38. The molecule has 4 nitrogen and oxygen atoms in total. The molecule has 9 heteroatoms. The van der Waals surface area contributed by atoms with Crippen LogP contribution in [0.4, 0.5) is 22.0 Å². The molecule has 1 aromatic rings. The summed E-state index contributed by atoms with van der Waals surface area (Å²) in [6.07, 6.45) is -7.41. The number of hydrogen-bond donors (Lipinski definition) is 1. The van der Waals surface area contributed by atoms with Gasteiger partial charge in [0, 0.05) is 5.56 Å². The molecular formula is C12H12F5NO3. The van der Waals surface area contributed by atoms with E-state index in [1.807, 2.05) is 0 Å². The smallest absolute Gasteiger partial charge is 0.464 e. The van der Waals surface area contributed by atoms with Gasteiger partial charge in [-0.15, -0.1) is 13.2 Å².